The van der Waals surface area contributed by atoms with E-state index in [4.69, 9.17) is 14.2 Å². The third kappa shape index (κ3) is 4.04. The SMILES string of the molecule is COC(=O)C(OC(C)C)c1c(C)ccc(C2CC2)c1-c1ccc2c(c1)CCCO2. The quantitative estimate of drug-likeness (QED) is 0.607. The van der Waals surface area contributed by atoms with E-state index in [1.54, 1.807) is 0 Å². The number of rotatable bonds is 6. The summed E-state index contributed by atoms with van der Waals surface area (Å²) in [6.07, 6.45) is 3.61. The van der Waals surface area contributed by atoms with Gasteiger partial charge in [-0.05, 0) is 92.3 Å². The molecule has 154 valence electrons. The van der Waals surface area contributed by atoms with Crippen molar-refractivity contribution in [3.8, 4) is 16.9 Å². The molecule has 1 atom stereocenters. The topological polar surface area (TPSA) is 44.8 Å². The van der Waals surface area contributed by atoms with Gasteiger partial charge in [0.05, 0.1) is 19.8 Å². The van der Waals surface area contributed by atoms with Gasteiger partial charge in [-0.3, -0.25) is 0 Å². The molecule has 0 saturated heterocycles. The first-order chi connectivity index (χ1) is 14.0. The minimum atomic E-state index is -0.735. The highest BCUT2D eigenvalue weighted by atomic mass is 16.6. The lowest BCUT2D eigenvalue weighted by molar-refractivity contribution is -0.157. The van der Waals surface area contributed by atoms with Crippen LogP contribution in [0.2, 0.25) is 0 Å². The van der Waals surface area contributed by atoms with Crippen LogP contribution in [0.15, 0.2) is 30.3 Å². The molecular formula is C25H30O4. The second kappa shape index (κ2) is 8.19. The maximum absolute atomic E-state index is 12.7. The van der Waals surface area contributed by atoms with Crippen molar-refractivity contribution < 1.29 is 19.0 Å². The van der Waals surface area contributed by atoms with Crippen LogP contribution < -0.4 is 4.74 Å². The third-order valence-corrected chi connectivity index (χ3v) is 5.80. The van der Waals surface area contributed by atoms with E-state index < -0.39 is 6.10 Å². The number of carbonyl (C=O) groups excluding carboxylic acids is 1. The van der Waals surface area contributed by atoms with Gasteiger partial charge in [0.25, 0.3) is 0 Å². The normalized spacial score (nSPS) is 16.9. The van der Waals surface area contributed by atoms with Crippen LogP contribution in [0.1, 0.15) is 67.4 Å². The molecule has 4 rings (SSSR count). The standard InChI is InChI=1S/C25H30O4/c1-15(2)29-24(25(26)27-4)22-16(3)7-11-20(17-8-9-17)23(22)19-10-12-21-18(14-19)6-5-13-28-21/h7,10-12,14-15,17,24H,5-6,8-9,13H2,1-4H3. The first kappa shape index (κ1) is 20.0. The Morgan fingerprint density at radius 1 is 1.17 bits per heavy atom. The largest absolute Gasteiger partial charge is 0.493 e. The average Bonchev–Trinajstić information content (AvgIpc) is 3.56. The second-order valence-electron chi connectivity index (χ2n) is 8.40. The number of aryl methyl sites for hydroxylation is 2. The molecule has 0 radical (unpaired) electrons. The van der Waals surface area contributed by atoms with Crippen LogP contribution in [0.4, 0.5) is 0 Å². The summed E-state index contributed by atoms with van der Waals surface area (Å²) in [5.41, 5.74) is 6.81. The molecule has 4 heteroatoms. The maximum atomic E-state index is 12.7. The van der Waals surface area contributed by atoms with Gasteiger partial charge in [0.1, 0.15) is 5.75 Å². The van der Waals surface area contributed by atoms with E-state index in [-0.39, 0.29) is 12.1 Å². The van der Waals surface area contributed by atoms with Crippen molar-refractivity contribution in [2.45, 2.75) is 64.6 Å². The fourth-order valence-electron chi connectivity index (χ4n) is 4.27. The summed E-state index contributed by atoms with van der Waals surface area (Å²) in [7, 11) is 1.43. The van der Waals surface area contributed by atoms with E-state index in [0.29, 0.717) is 5.92 Å². The van der Waals surface area contributed by atoms with E-state index in [1.165, 1.54) is 31.1 Å². The Hall–Kier alpha value is -2.33. The molecule has 2 aromatic rings. The summed E-state index contributed by atoms with van der Waals surface area (Å²) in [6, 6.07) is 10.8. The second-order valence-corrected chi connectivity index (χ2v) is 8.40. The van der Waals surface area contributed by atoms with Gasteiger partial charge in [0.2, 0.25) is 0 Å². The van der Waals surface area contributed by atoms with E-state index in [2.05, 4.69) is 37.3 Å². The van der Waals surface area contributed by atoms with Crippen LogP contribution in [0.3, 0.4) is 0 Å². The van der Waals surface area contributed by atoms with E-state index in [1.807, 2.05) is 13.8 Å². The zero-order chi connectivity index (χ0) is 20.5. The Morgan fingerprint density at radius 3 is 2.66 bits per heavy atom. The molecule has 1 heterocycles. The molecule has 1 aliphatic carbocycles. The Morgan fingerprint density at radius 2 is 1.97 bits per heavy atom. The predicted molar refractivity (Wildman–Crippen MR) is 113 cm³/mol. The van der Waals surface area contributed by atoms with E-state index in [0.717, 1.165) is 47.5 Å². The summed E-state index contributed by atoms with van der Waals surface area (Å²) in [4.78, 5) is 12.7. The number of carbonyl (C=O) groups is 1. The number of esters is 1. The predicted octanol–water partition coefficient (Wildman–Crippen LogP) is 5.50. The molecule has 2 aliphatic rings. The lowest BCUT2D eigenvalue weighted by atomic mass is 9.85. The van der Waals surface area contributed by atoms with Gasteiger partial charge in [0, 0.05) is 5.56 Å². The van der Waals surface area contributed by atoms with Crippen LogP contribution in [-0.4, -0.2) is 25.8 Å². The molecule has 1 fully saturated rings. The van der Waals surface area contributed by atoms with Crippen LogP contribution in [0.25, 0.3) is 11.1 Å². The van der Waals surface area contributed by atoms with Gasteiger partial charge in [-0.1, -0.05) is 18.2 Å². The van der Waals surface area contributed by atoms with Crippen molar-refractivity contribution >= 4 is 5.97 Å². The molecule has 1 aliphatic heterocycles. The molecule has 0 aromatic heterocycles. The van der Waals surface area contributed by atoms with Crippen molar-refractivity contribution in [1.82, 2.24) is 0 Å². The lowest BCUT2D eigenvalue weighted by Crippen LogP contribution is -2.23. The molecule has 0 bridgehead atoms. The number of benzene rings is 2. The molecule has 1 unspecified atom stereocenters. The first-order valence-electron chi connectivity index (χ1n) is 10.6. The fourth-order valence-corrected chi connectivity index (χ4v) is 4.27. The highest BCUT2D eigenvalue weighted by molar-refractivity contribution is 5.84. The zero-order valence-electron chi connectivity index (χ0n) is 17.8. The zero-order valence-corrected chi connectivity index (χ0v) is 17.8. The molecule has 0 amide bonds. The molecule has 2 aromatic carbocycles. The molecule has 29 heavy (non-hydrogen) atoms. The van der Waals surface area contributed by atoms with Crippen LogP contribution >= 0.6 is 0 Å². The molecule has 4 nitrogen and oxygen atoms in total. The number of hydrogen-bond donors (Lipinski definition) is 0. The first-order valence-corrected chi connectivity index (χ1v) is 10.6. The minimum absolute atomic E-state index is 0.0899. The number of methoxy groups -OCH3 is 1. The highest BCUT2D eigenvalue weighted by Gasteiger charge is 2.34. The monoisotopic (exact) mass is 394 g/mol. The average molecular weight is 395 g/mol. The van der Waals surface area contributed by atoms with Crippen molar-refractivity contribution in [1.29, 1.82) is 0 Å². The number of ether oxygens (including phenoxy) is 3. The van der Waals surface area contributed by atoms with Crippen LogP contribution in [0.5, 0.6) is 5.75 Å². The van der Waals surface area contributed by atoms with Gasteiger partial charge in [-0.15, -0.1) is 0 Å². The highest BCUT2D eigenvalue weighted by Crippen LogP contribution is 2.48. The van der Waals surface area contributed by atoms with Gasteiger partial charge < -0.3 is 14.2 Å². The third-order valence-electron chi connectivity index (χ3n) is 5.80. The van der Waals surface area contributed by atoms with Crippen molar-refractivity contribution in [3.05, 3.63) is 52.6 Å². The summed E-state index contributed by atoms with van der Waals surface area (Å²) in [5, 5.41) is 0. The molecule has 0 N–H and O–H groups in total. The number of fused-ring (bicyclic) bond motifs is 1. The van der Waals surface area contributed by atoms with Crippen molar-refractivity contribution in [2.24, 2.45) is 0 Å². The van der Waals surface area contributed by atoms with Crippen molar-refractivity contribution in [3.63, 3.8) is 0 Å². The van der Waals surface area contributed by atoms with E-state index >= 15 is 0 Å². The smallest absolute Gasteiger partial charge is 0.339 e. The Kier molecular flexibility index (Phi) is 5.64. The summed E-state index contributed by atoms with van der Waals surface area (Å²) in [6.45, 7) is 6.73. The van der Waals surface area contributed by atoms with E-state index in [9.17, 15) is 4.79 Å². The Bertz CT molecular complexity index is 911. The fraction of sp³-hybridized carbons (Fsp3) is 0.480. The summed E-state index contributed by atoms with van der Waals surface area (Å²) >= 11 is 0. The molecular weight excluding hydrogens is 364 g/mol. The minimum Gasteiger partial charge on any atom is -0.493 e. The van der Waals surface area contributed by atoms with Crippen LogP contribution in [0, 0.1) is 6.92 Å². The maximum Gasteiger partial charge on any atom is 0.339 e. The molecule has 0 spiro atoms. The van der Waals surface area contributed by atoms with Gasteiger partial charge in [-0.2, -0.15) is 0 Å². The summed E-state index contributed by atoms with van der Waals surface area (Å²) < 4.78 is 17.1. The van der Waals surface area contributed by atoms with Gasteiger partial charge >= 0.3 is 5.97 Å². The van der Waals surface area contributed by atoms with Crippen LogP contribution in [-0.2, 0) is 20.7 Å². The van der Waals surface area contributed by atoms with Gasteiger partial charge in [0.15, 0.2) is 6.10 Å². The Labute approximate surface area is 173 Å². The lowest BCUT2D eigenvalue weighted by Gasteiger charge is -2.26. The number of hydrogen-bond acceptors (Lipinski definition) is 4. The van der Waals surface area contributed by atoms with Gasteiger partial charge in [-0.25, -0.2) is 4.79 Å². The summed E-state index contributed by atoms with van der Waals surface area (Å²) in [5.74, 6) is 1.18. The Balaban J connectivity index is 1.91. The molecule has 1 saturated carbocycles. The van der Waals surface area contributed by atoms with Crippen molar-refractivity contribution in [2.75, 3.05) is 13.7 Å².